The molecular weight excluding hydrogens is 356 g/mol. The van der Waals surface area contributed by atoms with Gasteiger partial charge in [0, 0.05) is 17.7 Å². The van der Waals surface area contributed by atoms with Gasteiger partial charge in [-0.3, -0.25) is 25.7 Å². The number of aryl methyl sites for hydroxylation is 1. The predicted octanol–water partition coefficient (Wildman–Crippen LogP) is 2.78. The van der Waals surface area contributed by atoms with Crippen LogP contribution in [0.15, 0.2) is 29.4 Å². The Labute approximate surface area is 153 Å². The van der Waals surface area contributed by atoms with Gasteiger partial charge in [-0.15, -0.1) is 15.0 Å². The average Bonchev–Trinajstić information content (AvgIpc) is 2.99. The lowest BCUT2D eigenvalue weighted by molar-refractivity contribution is -0.393. The summed E-state index contributed by atoms with van der Waals surface area (Å²) >= 11 is 0. The van der Waals surface area contributed by atoms with Gasteiger partial charge in [-0.25, -0.2) is 0 Å². The summed E-state index contributed by atoms with van der Waals surface area (Å²) in [7, 11) is 0. The lowest BCUT2D eigenvalue weighted by Crippen LogP contribution is -2.17. The molecule has 2 aromatic rings. The maximum atomic E-state index is 11.1. The first-order chi connectivity index (χ1) is 12.6. The van der Waals surface area contributed by atoms with Gasteiger partial charge in [0.2, 0.25) is 0 Å². The number of tetrazole rings is 1. The highest BCUT2D eigenvalue weighted by atomic mass is 16.6. The number of anilines is 1. The van der Waals surface area contributed by atoms with Gasteiger partial charge in [-0.1, -0.05) is 20.8 Å². The third-order valence-electron chi connectivity index (χ3n) is 3.38. The number of benzene rings is 1. The molecule has 0 unspecified atom stereocenters. The summed E-state index contributed by atoms with van der Waals surface area (Å²) in [5, 5.41) is 37.8. The molecule has 1 aromatic carbocycles. The summed E-state index contributed by atoms with van der Waals surface area (Å²) in [5.41, 5.74) is 2.10. The van der Waals surface area contributed by atoms with Crippen molar-refractivity contribution in [3.05, 3.63) is 50.3 Å². The molecule has 0 spiro atoms. The van der Waals surface area contributed by atoms with Crippen molar-refractivity contribution in [3.63, 3.8) is 0 Å². The molecule has 0 aliphatic carbocycles. The SMILES string of the molecule is Cc1nnn(/C(=C/C=N\Nc2ccc([N+](=O)[O-])cc2[N+](=O)[O-])C(C)(C)C)n1. The van der Waals surface area contributed by atoms with Gasteiger partial charge in [0.15, 0.2) is 5.82 Å². The molecule has 0 fully saturated rings. The Kier molecular flexibility index (Phi) is 5.58. The third-order valence-corrected chi connectivity index (χ3v) is 3.38. The van der Waals surface area contributed by atoms with Crippen molar-refractivity contribution in [3.8, 4) is 0 Å². The first-order valence-corrected chi connectivity index (χ1v) is 7.79. The Hall–Kier alpha value is -3.70. The number of nitrogens with zero attached hydrogens (tertiary/aromatic N) is 7. The van der Waals surface area contributed by atoms with Crippen molar-refractivity contribution in [2.75, 3.05) is 5.43 Å². The molecular formula is C15H18N8O4. The highest BCUT2D eigenvalue weighted by Gasteiger charge is 2.21. The van der Waals surface area contributed by atoms with Gasteiger partial charge < -0.3 is 0 Å². The fourth-order valence-corrected chi connectivity index (χ4v) is 2.10. The quantitative estimate of drug-likeness (QED) is 0.460. The van der Waals surface area contributed by atoms with E-state index in [0.717, 1.165) is 12.1 Å². The molecule has 0 atom stereocenters. The number of aromatic nitrogens is 4. The van der Waals surface area contributed by atoms with E-state index in [1.54, 1.807) is 13.0 Å². The maximum absolute atomic E-state index is 11.1. The Morgan fingerprint density at radius 1 is 1.26 bits per heavy atom. The fraction of sp³-hybridized carbons (Fsp3) is 0.333. The van der Waals surface area contributed by atoms with E-state index in [2.05, 4.69) is 25.9 Å². The summed E-state index contributed by atoms with van der Waals surface area (Å²) in [4.78, 5) is 21.8. The summed E-state index contributed by atoms with van der Waals surface area (Å²) in [6, 6.07) is 3.25. The van der Waals surface area contributed by atoms with Crippen LogP contribution < -0.4 is 5.43 Å². The van der Waals surface area contributed by atoms with Crippen LogP contribution in [-0.2, 0) is 0 Å². The summed E-state index contributed by atoms with van der Waals surface area (Å²) < 4.78 is 0. The summed E-state index contributed by atoms with van der Waals surface area (Å²) in [6.45, 7) is 7.59. The molecule has 1 N–H and O–H groups in total. The van der Waals surface area contributed by atoms with Gasteiger partial charge in [-0.05, 0) is 24.3 Å². The molecule has 0 aliphatic rings. The van der Waals surface area contributed by atoms with Crippen LogP contribution >= 0.6 is 0 Å². The first-order valence-electron chi connectivity index (χ1n) is 7.79. The van der Waals surface area contributed by atoms with Crippen LogP contribution in [0, 0.1) is 32.6 Å². The second kappa shape index (κ2) is 7.68. The minimum absolute atomic E-state index is 0.0299. The van der Waals surface area contributed by atoms with Crippen LogP contribution in [0.3, 0.4) is 0 Å². The van der Waals surface area contributed by atoms with E-state index in [0.29, 0.717) is 11.5 Å². The Bertz CT molecular complexity index is 926. The van der Waals surface area contributed by atoms with Crippen LogP contribution in [0.5, 0.6) is 0 Å². The minimum atomic E-state index is -0.719. The van der Waals surface area contributed by atoms with Crippen molar-refractivity contribution in [1.29, 1.82) is 0 Å². The van der Waals surface area contributed by atoms with E-state index in [4.69, 9.17) is 0 Å². The molecule has 0 aliphatic heterocycles. The van der Waals surface area contributed by atoms with Crippen molar-refractivity contribution < 1.29 is 9.85 Å². The van der Waals surface area contributed by atoms with E-state index in [9.17, 15) is 20.2 Å². The van der Waals surface area contributed by atoms with Crippen LogP contribution in [0.2, 0.25) is 0 Å². The lowest BCUT2D eigenvalue weighted by atomic mass is 9.92. The molecule has 12 nitrogen and oxygen atoms in total. The van der Waals surface area contributed by atoms with E-state index < -0.39 is 15.5 Å². The van der Waals surface area contributed by atoms with Crippen LogP contribution in [0.4, 0.5) is 17.1 Å². The number of allylic oxidation sites excluding steroid dienone is 2. The predicted molar refractivity (Wildman–Crippen MR) is 98.1 cm³/mol. The molecule has 0 radical (unpaired) electrons. The third kappa shape index (κ3) is 4.90. The highest BCUT2D eigenvalue weighted by molar-refractivity contribution is 5.81. The van der Waals surface area contributed by atoms with Crippen LogP contribution in [0.25, 0.3) is 5.70 Å². The summed E-state index contributed by atoms with van der Waals surface area (Å²) in [6.07, 6.45) is 3.04. The minimum Gasteiger partial charge on any atom is -0.272 e. The molecule has 0 saturated carbocycles. The number of hydrogen-bond donors (Lipinski definition) is 1. The number of nitrogens with one attached hydrogen (secondary N) is 1. The van der Waals surface area contributed by atoms with E-state index >= 15 is 0 Å². The smallest absolute Gasteiger partial charge is 0.272 e. The van der Waals surface area contributed by atoms with Gasteiger partial charge >= 0.3 is 5.69 Å². The van der Waals surface area contributed by atoms with Crippen molar-refractivity contribution >= 4 is 29.0 Å². The van der Waals surface area contributed by atoms with Crippen molar-refractivity contribution in [1.82, 2.24) is 20.2 Å². The monoisotopic (exact) mass is 374 g/mol. The van der Waals surface area contributed by atoms with Crippen LogP contribution in [-0.4, -0.2) is 36.3 Å². The van der Waals surface area contributed by atoms with Gasteiger partial charge in [0.05, 0.1) is 21.6 Å². The number of hydrazone groups is 1. The number of hydrogen-bond acceptors (Lipinski definition) is 9. The van der Waals surface area contributed by atoms with E-state index in [1.165, 1.54) is 17.1 Å². The Morgan fingerprint density at radius 3 is 2.48 bits per heavy atom. The van der Waals surface area contributed by atoms with Gasteiger partial charge in [0.25, 0.3) is 5.69 Å². The molecule has 0 saturated heterocycles. The number of non-ortho nitro benzene ring substituents is 1. The van der Waals surface area contributed by atoms with Gasteiger partial charge in [0.1, 0.15) is 5.69 Å². The zero-order valence-electron chi connectivity index (χ0n) is 15.2. The van der Waals surface area contributed by atoms with Gasteiger partial charge in [-0.2, -0.15) is 5.10 Å². The largest absolute Gasteiger partial charge is 0.301 e. The maximum Gasteiger partial charge on any atom is 0.301 e. The Balaban J connectivity index is 2.26. The van der Waals surface area contributed by atoms with Crippen LogP contribution in [0.1, 0.15) is 26.6 Å². The van der Waals surface area contributed by atoms with E-state index in [1.807, 2.05) is 20.8 Å². The molecule has 12 heteroatoms. The van der Waals surface area contributed by atoms with Crippen molar-refractivity contribution in [2.45, 2.75) is 27.7 Å². The molecule has 2 rings (SSSR count). The molecule has 0 bridgehead atoms. The molecule has 27 heavy (non-hydrogen) atoms. The first kappa shape index (κ1) is 19.6. The normalized spacial score (nSPS) is 12.4. The molecule has 142 valence electrons. The zero-order valence-corrected chi connectivity index (χ0v) is 15.2. The molecule has 0 amide bonds. The average molecular weight is 374 g/mol. The number of rotatable bonds is 6. The number of nitro groups is 2. The van der Waals surface area contributed by atoms with E-state index in [-0.39, 0.29) is 16.8 Å². The topological polar surface area (TPSA) is 154 Å². The number of nitro benzene ring substituents is 2. The highest BCUT2D eigenvalue weighted by Crippen LogP contribution is 2.29. The Morgan fingerprint density at radius 2 is 1.96 bits per heavy atom. The second-order valence-electron chi connectivity index (χ2n) is 6.53. The lowest BCUT2D eigenvalue weighted by Gasteiger charge is -2.20. The summed E-state index contributed by atoms with van der Waals surface area (Å²) in [5.74, 6) is 0.515. The van der Waals surface area contributed by atoms with Crippen molar-refractivity contribution in [2.24, 2.45) is 10.5 Å². The fourth-order valence-electron chi connectivity index (χ4n) is 2.10. The molecule has 1 heterocycles. The zero-order chi connectivity index (χ0) is 20.2. The molecule has 1 aromatic heterocycles. The second-order valence-corrected chi connectivity index (χ2v) is 6.53. The standard InChI is InChI=1S/C15H18N8O4/c1-10-17-20-21(19-10)14(15(2,3)4)7-8-16-18-12-6-5-11(22(24)25)9-13(12)23(26)27/h5-9,18H,1-4H3/b14-7+,16-8-.